The standard InChI is InChI=1S/C19H33N5O3/c1-19(2,3)17-12-15(4-9-27-17)21-18(25)22-16-13-20-24(14-16)6-5-23-7-10-26-11-8-23/h13-15,17H,4-12H2,1-3H3,(H2,21,22,25). The molecule has 0 bridgehead atoms. The van der Waals surface area contributed by atoms with Crippen LogP contribution in [0.5, 0.6) is 0 Å². The molecule has 0 aliphatic carbocycles. The van der Waals surface area contributed by atoms with Gasteiger partial charge in [-0.25, -0.2) is 4.79 Å². The van der Waals surface area contributed by atoms with E-state index >= 15 is 0 Å². The molecule has 2 aliphatic rings. The fourth-order valence-corrected chi connectivity index (χ4v) is 3.50. The summed E-state index contributed by atoms with van der Waals surface area (Å²) in [7, 11) is 0. The summed E-state index contributed by atoms with van der Waals surface area (Å²) >= 11 is 0. The lowest BCUT2D eigenvalue weighted by molar-refractivity contribution is -0.0563. The normalized spacial score (nSPS) is 24.6. The Kier molecular flexibility index (Phi) is 6.73. The lowest BCUT2D eigenvalue weighted by Crippen LogP contribution is -2.46. The van der Waals surface area contributed by atoms with Gasteiger partial charge in [0, 0.05) is 38.5 Å². The van der Waals surface area contributed by atoms with E-state index in [0.29, 0.717) is 12.3 Å². The molecule has 8 nitrogen and oxygen atoms in total. The van der Waals surface area contributed by atoms with Gasteiger partial charge in [0.1, 0.15) is 0 Å². The van der Waals surface area contributed by atoms with Crippen LogP contribution >= 0.6 is 0 Å². The highest BCUT2D eigenvalue weighted by Gasteiger charge is 2.32. The van der Waals surface area contributed by atoms with E-state index in [9.17, 15) is 4.79 Å². The Bertz CT molecular complexity index is 607. The number of rotatable bonds is 5. The first-order valence-corrected chi connectivity index (χ1v) is 9.92. The number of morpholine rings is 1. The van der Waals surface area contributed by atoms with Gasteiger partial charge in [0.2, 0.25) is 0 Å². The zero-order valence-corrected chi connectivity index (χ0v) is 16.7. The van der Waals surface area contributed by atoms with Gasteiger partial charge in [-0.05, 0) is 18.3 Å². The number of hydrogen-bond donors (Lipinski definition) is 2. The molecule has 0 radical (unpaired) electrons. The summed E-state index contributed by atoms with van der Waals surface area (Å²) in [6.07, 6.45) is 5.43. The summed E-state index contributed by atoms with van der Waals surface area (Å²) in [5.74, 6) is 0. The Hall–Kier alpha value is -1.64. The van der Waals surface area contributed by atoms with Crippen LogP contribution < -0.4 is 10.6 Å². The second kappa shape index (κ2) is 9.03. The molecule has 2 saturated heterocycles. The molecule has 3 rings (SSSR count). The fraction of sp³-hybridized carbons (Fsp3) is 0.789. The molecule has 2 fully saturated rings. The molecular formula is C19H33N5O3. The molecule has 1 aromatic heterocycles. The zero-order valence-electron chi connectivity index (χ0n) is 16.7. The predicted molar refractivity (Wildman–Crippen MR) is 104 cm³/mol. The van der Waals surface area contributed by atoms with Gasteiger partial charge < -0.3 is 20.1 Å². The molecule has 0 aromatic carbocycles. The Labute approximate surface area is 161 Å². The van der Waals surface area contributed by atoms with Gasteiger partial charge in [-0.15, -0.1) is 0 Å². The maximum Gasteiger partial charge on any atom is 0.319 e. The van der Waals surface area contributed by atoms with Gasteiger partial charge in [0.15, 0.2) is 0 Å². The Balaban J connectivity index is 1.42. The van der Waals surface area contributed by atoms with Gasteiger partial charge in [-0.3, -0.25) is 9.58 Å². The van der Waals surface area contributed by atoms with Crippen LogP contribution in [0.1, 0.15) is 33.6 Å². The number of ether oxygens (including phenoxy) is 2. The summed E-state index contributed by atoms with van der Waals surface area (Å²) in [5.41, 5.74) is 0.798. The van der Waals surface area contributed by atoms with E-state index < -0.39 is 0 Å². The number of amides is 2. The first-order chi connectivity index (χ1) is 12.9. The molecule has 1 aromatic rings. The molecule has 2 amide bonds. The van der Waals surface area contributed by atoms with Crippen molar-refractivity contribution in [3.63, 3.8) is 0 Å². The number of hydrogen-bond acceptors (Lipinski definition) is 5. The Morgan fingerprint density at radius 1 is 1.26 bits per heavy atom. The molecule has 2 aliphatic heterocycles. The minimum Gasteiger partial charge on any atom is -0.379 e. The van der Waals surface area contributed by atoms with Crippen LogP contribution in [0.3, 0.4) is 0 Å². The maximum absolute atomic E-state index is 12.3. The number of carbonyl (C=O) groups is 1. The average molecular weight is 380 g/mol. The molecular weight excluding hydrogens is 346 g/mol. The third-order valence-corrected chi connectivity index (χ3v) is 5.23. The zero-order chi connectivity index (χ0) is 19.3. The van der Waals surface area contributed by atoms with E-state index in [2.05, 4.69) is 41.4 Å². The van der Waals surface area contributed by atoms with Crippen molar-refractivity contribution in [2.45, 2.75) is 52.3 Å². The molecule has 3 heterocycles. The van der Waals surface area contributed by atoms with Crippen molar-refractivity contribution in [3.05, 3.63) is 12.4 Å². The monoisotopic (exact) mass is 379 g/mol. The fourth-order valence-electron chi connectivity index (χ4n) is 3.50. The van der Waals surface area contributed by atoms with Crippen LogP contribution in [0.4, 0.5) is 10.5 Å². The molecule has 0 saturated carbocycles. The van der Waals surface area contributed by atoms with E-state index in [1.165, 1.54) is 0 Å². The minimum atomic E-state index is -0.178. The number of urea groups is 1. The van der Waals surface area contributed by atoms with Crippen LogP contribution in [0.15, 0.2) is 12.4 Å². The predicted octanol–water partition coefficient (Wildman–Crippen LogP) is 1.93. The van der Waals surface area contributed by atoms with Crippen LogP contribution in [-0.2, 0) is 16.0 Å². The van der Waals surface area contributed by atoms with Crippen LogP contribution in [0.2, 0.25) is 0 Å². The Morgan fingerprint density at radius 3 is 2.78 bits per heavy atom. The van der Waals surface area contributed by atoms with Gasteiger partial charge in [-0.2, -0.15) is 5.10 Å². The van der Waals surface area contributed by atoms with E-state index in [4.69, 9.17) is 9.47 Å². The van der Waals surface area contributed by atoms with Crippen LogP contribution in [0.25, 0.3) is 0 Å². The van der Waals surface area contributed by atoms with Crippen molar-refractivity contribution in [2.75, 3.05) is 44.8 Å². The van der Waals surface area contributed by atoms with Crippen molar-refractivity contribution < 1.29 is 14.3 Å². The summed E-state index contributed by atoms with van der Waals surface area (Å²) in [6, 6.07) is -0.0402. The lowest BCUT2D eigenvalue weighted by atomic mass is 9.83. The molecule has 0 spiro atoms. The van der Waals surface area contributed by atoms with Gasteiger partial charge in [0.25, 0.3) is 0 Å². The van der Waals surface area contributed by atoms with Crippen LogP contribution in [-0.4, -0.2) is 72.3 Å². The highest BCUT2D eigenvalue weighted by molar-refractivity contribution is 5.89. The van der Waals surface area contributed by atoms with Crippen molar-refractivity contribution in [1.29, 1.82) is 0 Å². The van der Waals surface area contributed by atoms with Crippen molar-refractivity contribution >= 4 is 11.7 Å². The van der Waals surface area contributed by atoms with Crippen molar-refractivity contribution in [2.24, 2.45) is 5.41 Å². The molecule has 152 valence electrons. The third kappa shape index (κ3) is 6.19. The number of aromatic nitrogens is 2. The molecule has 2 unspecified atom stereocenters. The second-order valence-corrected chi connectivity index (χ2v) is 8.49. The maximum atomic E-state index is 12.3. The summed E-state index contributed by atoms with van der Waals surface area (Å²) < 4.78 is 13.1. The van der Waals surface area contributed by atoms with Gasteiger partial charge >= 0.3 is 6.03 Å². The first kappa shape index (κ1) is 20.1. The largest absolute Gasteiger partial charge is 0.379 e. The second-order valence-electron chi connectivity index (χ2n) is 8.49. The summed E-state index contributed by atoms with van der Waals surface area (Å²) in [6.45, 7) is 12.5. The first-order valence-electron chi connectivity index (χ1n) is 9.92. The highest BCUT2D eigenvalue weighted by atomic mass is 16.5. The topological polar surface area (TPSA) is 80.7 Å². The molecule has 27 heavy (non-hydrogen) atoms. The minimum absolute atomic E-state index is 0.0818. The number of nitrogens with one attached hydrogen (secondary N) is 2. The van der Waals surface area contributed by atoms with E-state index in [1.54, 1.807) is 6.20 Å². The SMILES string of the molecule is CC(C)(C)C1CC(NC(=O)Nc2cnn(CCN3CCOCC3)c2)CCO1. The summed E-state index contributed by atoms with van der Waals surface area (Å²) in [4.78, 5) is 14.7. The smallest absolute Gasteiger partial charge is 0.319 e. The van der Waals surface area contributed by atoms with E-state index in [1.807, 2.05) is 10.9 Å². The third-order valence-electron chi connectivity index (χ3n) is 5.23. The number of anilines is 1. The number of carbonyl (C=O) groups excluding carboxylic acids is 1. The Morgan fingerprint density at radius 2 is 2.04 bits per heavy atom. The van der Waals surface area contributed by atoms with Crippen molar-refractivity contribution in [1.82, 2.24) is 20.0 Å². The van der Waals surface area contributed by atoms with Crippen LogP contribution in [0, 0.1) is 5.41 Å². The average Bonchev–Trinajstić information content (AvgIpc) is 3.07. The van der Waals surface area contributed by atoms with E-state index in [0.717, 1.165) is 52.2 Å². The van der Waals surface area contributed by atoms with E-state index in [-0.39, 0.29) is 23.6 Å². The molecule has 2 atom stereocenters. The molecule has 2 N–H and O–H groups in total. The quantitative estimate of drug-likeness (QED) is 0.817. The lowest BCUT2D eigenvalue weighted by Gasteiger charge is -2.37. The summed E-state index contributed by atoms with van der Waals surface area (Å²) in [5, 5.41) is 10.3. The van der Waals surface area contributed by atoms with Gasteiger partial charge in [-0.1, -0.05) is 20.8 Å². The number of nitrogens with zero attached hydrogens (tertiary/aromatic N) is 3. The van der Waals surface area contributed by atoms with Crippen molar-refractivity contribution in [3.8, 4) is 0 Å². The highest BCUT2D eigenvalue weighted by Crippen LogP contribution is 2.29. The van der Waals surface area contributed by atoms with Gasteiger partial charge in [0.05, 0.1) is 37.7 Å². The molecule has 8 heteroatoms.